The summed E-state index contributed by atoms with van der Waals surface area (Å²) in [5.41, 5.74) is 0. The highest BCUT2D eigenvalue weighted by molar-refractivity contribution is 7.47. The number of phosphoric acid groups is 1. The third kappa shape index (κ3) is 43.4. The van der Waals surface area contributed by atoms with Crippen molar-refractivity contribution < 1.29 is 47.8 Å². The fraction of sp³-hybridized carbons (Fsp3) is 0.958. The third-order valence-electron chi connectivity index (χ3n) is 11.3. The SMILES string of the molecule is CCCCCCCCCCCCCCCCCCCCCCCCC(=O)OC(CO)COP(=O)(O)OCC(CO)OC(=O)CCCCCCCCCCCCCCCC. The van der Waals surface area contributed by atoms with E-state index in [1.165, 1.54) is 180 Å². The van der Waals surface area contributed by atoms with E-state index in [-0.39, 0.29) is 12.8 Å². The van der Waals surface area contributed by atoms with Gasteiger partial charge in [-0.2, -0.15) is 0 Å². The molecule has 0 aromatic heterocycles. The normalized spacial score (nSPS) is 13.6. The molecule has 0 aliphatic heterocycles. The van der Waals surface area contributed by atoms with Gasteiger partial charge in [-0.15, -0.1) is 0 Å². The molecule has 0 radical (unpaired) electrons. The van der Waals surface area contributed by atoms with E-state index >= 15 is 0 Å². The molecule has 0 heterocycles. The molecule has 0 aromatic rings. The summed E-state index contributed by atoms with van der Waals surface area (Å²) >= 11 is 0. The Hall–Kier alpha value is -1.03. The second-order valence-electron chi connectivity index (χ2n) is 17.2. The molecule has 0 spiro atoms. The van der Waals surface area contributed by atoms with Crippen LogP contribution in [0.25, 0.3) is 0 Å². The summed E-state index contributed by atoms with van der Waals surface area (Å²) in [5, 5.41) is 19.2. The van der Waals surface area contributed by atoms with E-state index in [2.05, 4.69) is 13.8 Å². The van der Waals surface area contributed by atoms with Crippen LogP contribution in [0.3, 0.4) is 0 Å². The Morgan fingerprint density at radius 2 is 0.593 bits per heavy atom. The zero-order valence-electron chi connectivity index (χ0n) is 38.5. The molecule has 0 aliphatic carbocycles. The van der Waals surface area contributed by atoms with E-state index in [4.69, 9.17) is 18.5 Å². The standard InChI is InChI=1S/C48H95O10P/c1-3-5-7-9-11-13-15-17-19-20-21-22-23-24-25-26-28-30-32-34-36-38-40-48(52)58-46(42-50)44-56-59(53,54)55-43-45(41-49)57-47(51)39-37-35-33-31-29-27-18-16-14-12-10-8-6-4-2/h45-46,49-50H,3-44H2,1-2H3,(H,53,54). The van der Waals surface area contributed by atoms with Crippen molar-refractivity contribution in [3.63, 3.8) is 0 Å². The molecule has 0 aromatic carbocycles. The number of hydrogen-bond donors (Lipinski definition) is 3. The molecule has 0 aliphatic rings. The Labute approximate surface area is 363 Å². The van der Waals surface area contributed by atoms with Crippen LogP contribution in [0.4, 0.5) is 0 Å². The number of aliphatic hydroxyl groups is 2. The van der Waals surface area contributed by atoms with Crippen molar-refractivity contribution in [3.05, 3.63) is 0 Å². The van der Waals surface area contributed by atoms with Crippen molar-refractivity contribution in [1.82, 2.24) is 0 Å². The van der Waals surface area contributed by atoms with Crippen molar-refractivity contribution in [2.24, 2.45) is 0 Å². The lowest BCUT2D eigenvalue weighted by Gasteiger charge is -2.20. The van der Waals surface area contributed by atoms with Crippen molar-refractivity contribution in [3.8, 4) is 0 Å². The minimum atomic E-state index is -4.63. The zero-order chi connectivity index (χ0) is 43.3. The first kappa shape index (κ1) is 58.0. The summed E-state index contributed by atoms with van der Waals surface area (Å²) in [6.45, 7) is 2.27. The van der Waals surface area contributed by atoms with Crippen LogP contribution >= 0.6 is 7.82 Å². The van der Waals surface area contributed by atoms with Gasteiger partial charge in [0.1, 0.15) is 12.2 Å². The van der Waals surface area contributed by atoms with Gasteiger partial charge in [-0.3, -0.25) is 18.6 Å². The Morgan fingerprint density at radius 3 is 0.797 bits per heavy atom. The van der Waals surface area contributed by atoms with Gasteiger partial charge in [-0.05, 0) is 12.8 Å². The van der Waals surface area contributed by atoms with Gasteiger partial charge in [0.2, 0.25) is 0 Å². The van der Waals surface area contributed by atoms with E-state index in [0.717, 1.165) is 38.5 Å². The molecule has 0 saturated heterocycles. The van der Waals surface area contributed by atoms with Crippen LogP contribution in [0.1, 0.15) is 258 Å². The summed E-state index contributed by atoms with van der Waals surface area (Å²) < 4.78 is 32.7. The van der Waals surface area contributed by atoms with Gasteiger partial charge in [0.25, 0.3) is 0 Å². The summed E-state index contributed by atoms with van der Waals surface area (Å²) in [6.07, 6.45) is 43.7. The molecular formula is C48H95O10P. The summed E-state index contributed by atoms with van der Waals surface area (Å²) in [6, 6.07) is 0. The highest BCUT2D eigenvalue weighted by Crippen LogP contribution is 2.43. The van der Waals surface area contributed by atoms with Gasteiger partial charge in [-0.25, -0.2) is 4.57 Å². The molecular weight excluding hydrogens is 767 g/mol. The quantitative estimate of drug-likeness (QED) is 0.0306. The topological polar surface area (TPSA) is 149 Å². The van der Waals surface area contributed by atoms with Crippen LogP contribution in [0.15, 0.2) is 0 Å². The van der Waals surface area contributed by atoms with Crippen molar-refractivity contribution in [2.75, 3.05) is 26.4 Å². The molecule has 0 amide bonds. The van der Waals surface area contributed by atoms with Gasteiger partial charge in [0.05, 0.1) is 26.4 Å². The Morgan fingerprint density at radius 1 is 0.390 bits per heavy atom. The maximum atomic E-state index is 12.4. The minimum Gasteiger partial charge on any atom is -0.457 e. The second kappa shape index (κ2) is 45.0. The molecule has 59 heavy (non-hydrogen) atoms. The molecule has 0 fully saturated rings. The molecule has 0 saturated carbocycles. The van der Waals surface area contributed by atoms with Crippen LogP contribution in [0, 0.1) is 0 Å². The number of unbranched alkanes of at least 4 members (excludes halogenated alkanes) is 34. The Balaban J connectivity index is 3.78. The monoisotopic (exact) mass is 863 g/mol. The Bertz CT molecular complexity index is 951. The molecule has 3 atom stereocenters. The minimum absolute atomic E-state index is 0.199. The number of carbonyl (C=O) groups is 2. The van der Waals surface area contributed by atoms with Crippen molar-refractivity contribution in [2.45, 2.75) is 270 Å². The maximum absolute atomic E-state index is 12.4. The van der Waals surface area contributed by atoms with Crippen LogP contribution in [-0.4, -0.2) is 65.7 Å². The number of esters is 2. The van der Waals surface area contributed by atoms with Crippen LogP contribution in [-0.2, 0) is 32.7 Å². The third-order valence-corrected chi connectivity index (χ3v) is 12.3. The molecule has 10 nitrogen and oxygen atoms in total. The van der Waals surface area contributed by atoms with Crippen LogP contribution in [0.2, 0.25) is 0 Å². The summed E-state index contributed by atoms with van der Waals surface area (Å²) in [5.74, 6) is -1.00. The van der Waals surface area contributed by atoms with Gasteiger partial charge >= 0.3 is 19.8 Å². The fourth-order valence-electron chi connectivity index (χ4n) is 7.47. The van der Waals surface area contributed by atoms with Gasteiger partial charge in [0, 0.05) is 12.8 Å². The lowest BCUT2D eigenvalue weighted by molar-refractivity contribution is -0.153. The fourth-order valence-corrected chi connectivity index (χ4v) is 8.26. The first-order valence-electron chi connectivity index (χ1n) is 25.0. The van der Waals surface area contributed by atoms with Gasteiger partial charge < -0.3 is 24.6 Å². The first-order valence-corrected chi connectivity index (χ1v) is 26.5. The van der Waals surface area contributed by atoms with E-state index in [1.807, 2.05) is 0 Å². The lowest BCUT2D eigenvalue weighted by Crippen LogP contribution is -2.28. The second-order valence-corrected chi connectivity index (χ2v) is 18.6. The van der Waals surface area contributed by atoms with E-state index in [1.54, 1.807) is 0 Å². The average molecular weight is 863 g/mol. The van der Waals surface area contributed by atoms with Gasteiger partial charge in [0.15, 0.2) is 0 Å². The number of rotatable bonds is 48. The number of carbonyl (C=O) groups excluding carboxylic acids is 2. The van der Waals surface area contributed by atoms with E-state index in [9.17, 15) is 29.3 Å². The maximum Gasteiger partial charge on any atom is 0.472 e. The largest absolute Gasteiger partial charge is 0.472 e. The predicted molar refractivity (Wildman–Crippen MR) is 242 cm³/mol. The highest BCUT2D eigenvalue weighted by Gasteiger charge is 2.27. The first-order chi connectivity index (χ1) is 28.8. The van der Waals surface area contributed by atoms with Crippen molar-refractivity contribution in [1.29, 1.82) is 0 Å². The van der Waals surface area contributed by atoms with E-state index < -0.39 is 58.4 Å². The summed E-state index contributed by atoms with van der Waals surface area (Å²) in [4.78, 5) is 34.6. The molecule has 0 bridgehead atoms. The lowest BCUT2D eigenvalue weighted by atomic mass is 10.0. The number of ether oxygens (including phenoxy) is 2. The number of phosphoric ester groups is 1. The predicted octanol–water partition coefficient (Wildman–Crippen LogP) is 13.8. The molecule has 11 heteroatoms. The molecule has 3 unspecified atom stereocenters. The zero-order valence-corrected chi connectivity index (χ0v) is 39.4. The Kier molecular flexibility index (Phi) is 44.2. The van der Waals surface area contributed by atoms with Gasteiger partial charge in [-0.1, -0.05) is 232 Å². The average Bonchev–Trinajstić information content (AvgIpc) is 3.22. The summed E-state index contributed by atoms with van der Waals surface area (Å²) in [7, 11) is -4.63. The van der Waals surface area contributed by atoms with Crippen LogP contribution < -0.4 is 0 Å². The molecule has 0 rings (SSSR count). The van der Waals surface area contributed by atoms with Crippen molar-refractivity contribution >= 4 is 19.8 Å². The highest BCUT2D eigenvalue weighted by atomic mass is 31.2. The molecule has 3 N–H and O–H groups in total. The van der Waals surface area contributed by atoms with Crippen LogP contribution in [0.5, 0.6) is 0 Å². The number of hydrogen-bond acceptors (Lipinski definition) is 9. The smallest absolute Gasteiger partial charge is 0.457 e. The molecule has 352 valence electrons. The number of aliphatic hydroxyl groups excluding tert-OH is 2. The van der Waals surface area contributed by atoms with E-state index in [0.29, 0.717) is 12.8 Å².